The smallest absolute Gasteiger partial charge is 0.229 e. The summed E-state index contributed by atoms with van der Waals surface area (Å²) in [7, 11) is -3.23. The van der Waals surface area contributed by atoms with Crippen LogP contribution in [0.5, 0.6) is 0 Å². The molecule has 0 saturated heterocycles. The molecular formula is C13H17LiNO3S. The summed E-state index contributed by atoms with van der Waals surface area (Å²) < 4.78 is 30.4. The fourth-order valence-corrected chi connectivity index (χ4v) is 2.41. The number of aryl methyl sites for hydroxylation is 1. The molecule has 1 N–H and O–H groups in total. The van der Waals surface area contributed by atoms with Gasteiger partial charge in [-0.1, -0.05) is 13.3 Å². The van der Waals surface area contributed by atoms with E-state index in [9.17, 15) is 8.42 Å². The second kappa shape index (κ2) is 6.51. The van der Waals surface area contributed by atoms with Gasteiger partial charge < -0.3 is 4.42 Å². The second-order valence-corrected chi connectivity index (χ2v) is 6.19. The molecule has 1 aromatic heterocycles. The van der Waals surface area contributed by atoms with E-state index >= 15 is 0 Å². The molecule has 2 rings (SSSR count). The van der Waals surface area contributed by atoms with Crippen molar-refractivity contribution in [2.45, 2.75) is 26.2 Å². The number of hydrogen-bond acceptors (Lipinski definition) is 3. The van der Waals surface area contributed by atoms with E-state index in [2.05, 4.69) is 11.6 Å². The fraction of sp³-hybridized carbons (Fsp3) is 0.385. The number of furan rings is 1. The topological polar surface area (TPSA) is 59.3 Å². The predicted octanol–water partition coefficient (Wildman–Crippen LogP) is 2.77. The van der Waals surface area contributed by atoms with Crippen LogP contribution in [0.2, 0.25) is 0 Å². The zero-order valence-corrected chi connectivity index (χ0v) is 12.4. The maximum atomic E-state index is 11.1. The molecular weight excluding hydrogens is 257 g/mol. The molecule has 0 aliphatic heterocycles. The van der Waals surface area contributed by atoms with Gasteiger partial charge in [0.15, 0.2) is 0 Å². The third-order valence-corrected chi connectivity index (χ3v) is 3.25. The van der Waals surface area contributed by atoms with Crippen molar-refractivity contribution in [1.29, 1.82) is 0 Å². The molecule has 0 atom stereocenters. The summed E-state index contributed by atoms with van der Waals surface area (Å²) in [6.07, 6.45) is 4.27. The Morgan fingerprint density at radius 1 is 1.26 bits per heavy atom. The average molecular weight is 274 g/mol. The Balaban J connectivity index is 0.00000180. The van der Waals surface area contributed by atoms with E-state index in [0.717, 1.165) is 42.2 Å². The van der Waals surface area contributed by atoms with Crippen LogP contribution in [-0.2, 0) is 16.4 Å². The Hall–Kier alpha value is -0.893. The molecule has 0 bridgehead atoms. The molecule has 1 radical (unpaired) electrons. The molecule has 19 heavy (non-hydrogen) atoms. The van der Waals surface area contributed by atoms with Crippen LogP contribution < -0.4 is 4.72 Å². The van der Waals surface area contributed by atoms with E-state index in [1.807, 2.05) is 6.07 Å². The quantitative estimate of drug-likeness (QED) is 0.853. The van der Waals surface area contributed by atoms with Crippen molar-refractivity contribution in [3.8, 4) is 0 Å². The normalized spacial score (nSPS) is 11.3. The first-order chi connectivity index (χ1) is 8.48. The van der Waals surface area contributed by atoms with Gasteiger partial charge in [-0.05, 0) is 30.7 Å². The van der Waals surface area contributed by atoms with Crippen LogP contribution in [0.15, 0.2) is 28.7 Å². The van der Waals surface area contributed by atoms with E-state index in [4.69, 9.17) is 4.42 Å². The van der Waals surface area contributed by atoms with Crippen molar-refractivity contribution in [2.24, 2.45) is 0 Å². The van der Waals surface area contributed by atoms with Gasteiger partial charge >= 0.3 is 0 Å². The summed E-state index contributed by atoms with van der Waals surface area (Å²) >= 11 is 0. The van der Waals surface area contributed by atoms with Crippen LogP contribution >= 0.6 is 0 Å². The number of nitrogens with one attached hydrogen (secondary N) is 1. The number of sulfonamides is 1. The van der Waals surface area contributed by atoms with Crippen LogP contribution in [0.4, 0.5) is 5.69 Å². The Morgan fingerprint density at radius 2 is 2.00 bits per heavy atom. The summed E-state index contributed by atoms with van der Waals surface area (Å²) in [5, 5.41) is 0.926. The largest absolute Gasteiger partial charge is 0.461 e. The molecule has 6 heteroatoms. The van der Waals surface area contributed by atoms with Gasteiger partial charge in [0.2, 0.25) is 10.0 Å². The molecule has 0 saturated carbocycles. The van der Waals surface area contributed by atoms with Crippen LogP contribution in [-0.4, -0.2) is 33.5 Å². The van der Waals surface area contributed by atoms with E-state index in [1.54, 1.807) is 18.2 Å². The summed E-state index contributed by atoms with van der Waals surface area (Å²) in [5.74, 6) is 0.948. The molecule has 0 unspecified atom stereocenters. The number of anilines is 1. The van der Waals surface area contributed by atoms with Gasteiger partial charge in [-0.25, -0.2) is 8.42 Å². The SMILES string of the molecule is CCCCc1cc2cc(NS(C)(=O)=O)ccc2o1.[Li]. The summed E-state index contributed by atoms with van der Waals surface area (Å²) in [4.78, 5) is 0. The summed E-state index contributed by atoms with van der Waals surface area (Å²) in [5.41, 5.74) is 1.35. The van der Waals surface area contributed by atoms with Crippen molar-refractivity contribution in [3.05, 3.63) is 30.0 Å². The Bertz CT molecular complexity index is 649. The first-order valence-electron chi connectivity index (χ1n) is 5.98. The number of unbranched alkanes of at least 4 members (excludes halogenated alkanes) is 1. The molecule has 0 fully saturated rings. The van der Waals surface area contributed by atoms with Crippen molar-refractivity contribution >= 4 is 45.5 Å². The Morgan fingerprint density at radius 3 is 2.63 bits per heavy atom. The van der Waals surface area contributed by atoms with Crippen molar-refractivity contribution in [3.63, 3.8) is 0 Å². The molecule has 1 aromatic carbocycles. The molecule has 0 aliphatic rings. The number of fused-ring (bicyclic) bond motifs is 1. The van der Waals surface area contributed by atoms with Crippen molar-refractivity contribution < 1.29 is 12.8 Å². The fourth-order valence-electron chi connectivity index (χ4n) is 1.85. The predicted molar refractivity (Wildman–Crippen MR) is 79.0 cm³/mol. The molecule has 0 aliphatic carbocycles. The van der Waals surface area contributed by atoms with Gasteiger partial charge in [-0.15, -0.1) is 0 Å². The minimum absolute atomic E-state index is 0. The van der Waals surface area contributed by atoms with Crippen molar-refractivity contribution in [2.75, 3.05) is 11.0 Å². The Labute approximate surface area is 125 Å². The maximum Gasteiger partial charge on any atom is 0.229 e. The van der Waals surface area contributed by atoms with Gasteiger partial charge in [0.1, 0.15) is 11.3 Å². The molecule has 0 spiro atoms. The molecule has 4 nitrogen and oxygen atoms in total. The zero-order chi connectivity index (χ0) is 13.2. The van der Waals surface area contributed by atoms with E-state index in [0.29, 0.717) is 5.69 Å². The first-order valence-corrected chi connectivity index (χ1v) is 7.87. The molecule has 0 amide bonds. The minimum Gasteiger partial charge on any atom is -0.461 e. The van der Waals surface area contributed by atoms with Gasteiger partial charge in [0.05, 0.1) is 6.26 Å². The van der Waals surface area contributed by atoms with Crippen LogP contribution in [0, 0.1) is 0 Å². The van der Waals surface area contributed by atoms with Crippen LogP contribution in [0.25, 0.3) is 11.0 Å². The second-order valence-electron chi connectivity index (χ2n) is 4.44. The summed E-state index contributed by atoms with van der Waals surface area (Å²) in [6, 6.07) is 7.25. The van der Waals surface area contributed by atoms with E-state index in [-0.39, 0.29) is 18.9 Å². The van der Waals surface area contributed by atoms with Crippen LogP contribution in [0.3, 0.4) is 0 Å². The van der Waals surface area contributed by atoms with Gasteiger partial charge in [0.25, 0.3) is 0 Å². The van der Waals surface area contributed by atoms with E-state index in [1.165, 1.54) is 0 Å². The third-order valence-electron chi connectivity index (χ3n) is 2.65. The number of rotatable bonds is 5. The Kier molecular flexibility index (Phi) is 5.54. The molecule has 1 heterocycles. The standard InChI is InChI=1S/C13H17NO3S.Li/c1-3-4-5-12-9-10-8-11(14-18(2,15)16)6-7-13(10)17-12;/h6-9,14H,3-5H2,1-2H3;. The average Bonchev–Trinajstić information content (AvgIpc) is 2.66. The van der Waals surface area contributed by atoms with Gasteiger partial charge in [-0.3, -0.25) is 4.72 Å². The molecule has 2 aromatic rings. The monoisotopic (exact) mass is 274 g/mol. The van der Waals surface area contributed by atoms with E-state index < -0.39 is 10.0 Å². The van der Waals surface area contributed by atoms with Gasteiger partial charge in [-0.2, -0.15) is 0 Å². The number of benzene rings is 1. The van der Waals surface area contributed by atoms with Gasteiger partial charge in [0, 0.05) is 36.4 Å². The van der Waals surface area contributed by atoms with Crippen LogP contribution in [0.1, 0.15) is 25.5 Å². The zero-order valence-electron chi connectivity index (χ0n) is 11.6. The molecule has 99 valence electrons. The first kappa shape index (κ1) is 16.2. The number of hydrogen-bond donors (Lipinski definition) is 1. The maximum absolute atomic E-state index is 11.1. The van der Waals surface area contributed by atoms with Crippen molar-refractivity contribution in [1.82, 2.24) is 0 Å². The third kappa shape index (κ3) is 4.61. The summed E-state index contributed by atoms with van der Waals surface area (Å²) in [6.45, 7) is 2.14. The minimum atomic E-state index is -3.23.